The van der Waals surface area contributed by atoms with Gasteiger partial charge in [0.25, 0.3) is 5.91 Å². The second kappa shape index (κ2) is 7.59. The van der Waals surface area contributed by atoms with E-state index in [4.69, 9.17) is 0 Å². The molecule has 6 nitrogen and oxygen atoms in total. The van der Waals surface area contributed by atoms with Crippen LogP contribution in [0, 0.1) is 0 Å². The van der Waals surface area contributed by atoms with Crippen molar-refractivity contribution in [3.63, 3.8) is 0 Å². The van der Waals surface area contributed by atoms with Crippen LogP contribution in [0.15, 0.2) is 18.2 Å². The first-order valence-electron chi connectivity index (χ1n) is 6.59. The minimum absolute atomic E-state index is 0.0675. The minimum Gasteiger partial charge on any atom is -0.307 e. The maximum Gasteiger partial charge on any atom is 0.416 e. The number of hydrogen-bond acceptors (Lipinski definition) is 3. The number of nitrogens with zero attached hydrogens (tertiary/aromatic N) is 1. The van der Waals surface area contributed by atoms with Crippen molar-refractivity contribution in [2.24, 2.45) is 0 Å². The molecule has 25 heavy (non-hydrogen) atoms. The number of alkyl halides is 6. The number of anilines is 1. The molecule has 0 radical (unpaired) electrons. The molecule has 0 heterocycles. The number of benzene rings is 1. The molecular weight excluding hydrogens is 358 g/mol. The summed E-state index contributed by atoms with van der Waals surface area (Å²) in [6, 6.07) is -0.589. The maximum atomic E-state index is 12.7. The predicted octanol–water partition coefficient (Wildman–Crippen LogP) is 2.44. The third-order valence-electron chi connectivity index (χ3n) is 2.62. The van der Waals surface area contributed by atoms with E-state index in [0.717, 1.165) is 0 Å². The van der Waals surface area contributed by atoms with Gasteiger partial charge in [-0.05, 0) is 32.3 Å². The van der Waals surface area contributed by atoms with E-state index in [1.165, 1.54) is 4.90 Å². The van der Waals surface area contributed by atoms with Crippen LogP contribution in [0.25, 0.3) is 0 Å². The number of likely N-dealkylation sites (N-methyl/N-ethyl adjacent to an activating group) is 1. The van der Waals surface area contributed by atoms with Crippen LogP contribution in [0.3, 0.4) is 0 Å². The molecule has 140 valence electrons. The molecule has 3 amide bonds. The Morgan fingerprint density at radius 2 is 1.40 bits per heavy atom. The molecule has 3 N–H and O–H groups in total. The summed E-state index contributed by atoms with van der Waals surface area (Å²) < 4.78 is 76.1. The molecule has 1 aromatic rings. The Hall–Kier alpha value is -2.50. The zero-order valence-electron chi connectivity index (χ0n) is 13.0. The fraction of sp³-hybridized carbons (Fsp3) is 0.385. The number of halogens is 6. The molecule has 0 atom stereocenters. The lowest BCUT2D eigenvalue weighted by molar-refractivity contribution is -0.143. The molecule has 0 aliphatic rings. The molecule has 0 aliphatic heterocycles. The Labute approximate surface area is 138 Å². The second-order valence-electron chi connectivity index (χ2n) is 5.16. The molecule has 0 fully saturated rings. The van der Waals surface area contributed by atoms with Crippen molar-refractivity contribution in [1.29, 1.82) is 0 Å². The average molecular weight is 372 g/mol. The van der Waals surface area contributed by atoms with Crippen molar-refractivity contribution in [2.75, 3.05) is 26.0 Å². The number of hydrogen-bond donors (Lipinski definition) is 3. The van der Waals surface area contributed by atoms with E-state index in [2.05, 4.69) is 0 Å². The number of amides is 3. The van der Waals surface area contributed by atoms with Crippen LogP contribution in [0.2, 0.25) is 0 Å². The largest absolute Gasteiger partial charge is 0.416 e. The molecule has 0 saturated carbocycles. The van der Waals surface area contributed by atoms with Gasteiger partial charge in [-0.1, -0.05) is 0 Å². The Kier molecular flexibility index (Phi) is 6.24. The highest BCUT2D eigenvalue weighted by atomic mass is 19.4. The van der Waals surface area contributed by atoms with Crippen molar-refractivity contribution in [2.45, 2.75) is 12.4 Å². The molecule has 0 aromatic heterocycles. The molecular formula is C13H14F6N4O2. The zero-order chi connectivity index (χ0) is 19.4. The van der Waals surface area contributed by atoms with Crippen LogP contribution in [0.4, 0.5) is 36.8 Å². The first-order chi connectivity index (χ1) is 11.3. The maximum absolute atomic E-state index is 12.7. The molecule has 0 aliphatic carbocycles. The fourth-order valence-corrected chi connectivity index (χ4v) is 1.64. The molecule has 0 spiro atoms. The van der Waals surface area contributed by atoms with Crippen molar-refractivity contribution in [3.05, 3.63) is 29.3 Å². The Morgan fingerprint density at radius 3 is 1.80 bits per heavy atom. The van der Waals surface area contributed by atoms with Crippen molar-refractivity contribution >= 4 is 17.6 Å². The van der Waals surface area contributed by atoms with E-state index in [-0.39, 0.29) is 12.6 Å². The van der Waals surface area contributed by atoms with E-state index in [1.54, 1.807) is 19.4 Å². The third-order valence-corrected chi connectivity index (χ3v) is 2.62. The van der Waals surface area contributed by atoms with Gasteiger partial charge in [-0.3, -0.25) is 10.2 Å². The fourth-order valence-electron chi connectivity index (χ4n) is 1.64. The van der Waals surface area contributed by atoms with E-state index in [9.17, 15) is 35.9 Å². The first-order valence-corrected chi connectivity index (χ1v) is 6.59. The van der Waals surface area contributed by atoms with Crippen LogP contribution in [0.1, 0.15) is 11.1 Å². The highest BCUT2D eigenvalue weighted by Gasteiger charge is 2.37. The summed E-state index contributed by atoms with van der Waals surface area (Å²) in [5.41, 5.74) is -0.134. The molecule has 0 unspecified atom stereocenters. The summed E-state index contributed by atoms with van der Waals surface area (Å²) in [5, 5.41) is 1.80. The van der Waals surface area contributed by atoms with Crippen LogP contribution >= 0.6 is 0 Å². The van der Waals surface area contributed by atoms with Gasteiger partial charge in [-0.15, -0.1) is 0 Å². The van der Waals surface area contributed by atoms with Gasteiger partial charge in [0.2, 0.25) is 0 Å². The summed E-state index contributed by atoms with van der Waals surface area (Å²) in [4.78, 5) is 24.3. The van der Waals surface area contributed by atoms with Gasteiger partial charge in [0.15, 0.2) is 0 Å². The normalized spacial score (nSPS) is 12.0. The SMILES string of the molecule is CN(C)CC(=O)NNC(=O)Nc1cc(C(F)(F)F)cc(C(F)(F)F)c1. The van der Waals surface area contributed by atoms with Crippen molar-refractivity contribution in [3.8, 4) is 0 Å². The predicted molar refractivity (Wildman–Crippen MR) is 75.3 cm³/mol. The number of hydrazine groups is 1. The highest BCUT2D eigenvalue weighted by Crippen LogP contribution is 2.37. The lowest BCUT2D eigenvalue weighted by Gasteiger charge is -2.15. The number of nitrogens with one attached hydrogen (secondary N) is 3. The second-order valence-corrected chi connectivity index (χ2v) is 5.16. The van der Waals surface area contributed by atoms with Gasteiger partial charge >= 0.3 is 18.4 Å². The van der Waals surface area contributed by atoms with Crippen molar-refractivity contribution < 1.29 is 35.9 Å². The molecule has 0 saturated heterocycles. The van der Waals surface area contributed by atoms with Gasteiger partial charge in [-0.25, -0.2) is 10.2 Å². The lowest BCUT2D eigenvalue weighted by atomic mass is 10.1. The average Bonchev–Trinajstić information content (AvgIpc) is 2.42. The van der Waals surface area contributed by atoms with E-state index in [1.807, 2.05) is 10.9 Å². The quantitative estimate of drug-likeness (QED) is 0.564. The van der Waals surface area contributed by atoms with E-state index in [0.29, 0.717) is 12.1 Å². The number of urea groups is 1. The minimum atomic E-state index is -5.03. The summed E-state index contributed by atoms with van der Waals surface area (Å²) in [5.74, 6) is -0.639. The van der Waals surface area contributed by atoms with Gasteiger partial charge in [0, 0.05) is 5.69 Å². The Bertz CT molecular complexity index is 610. The summed E-state index contributed by atoms with van der Waals surface area (Å²) in [7, 11) is 3.14. The van der Waals surface area contributed by atoms with E-state index >= 15 is 0 Å². The first kappa shape index (κ1) is 20.5. The van der Waals surface area contributed by atoms with Crippen LogP contribution in [0.5, 0.6) is 0 Å². The van der Waals surface area contributed by atoms with Crippen LogP contribution in [-0.4, -0.2) is 37.5 Å². The van der Waals surface area contributed by atoms with Crippen LogP contribution in [-0.2, 0) is 17.1 Å². The van der Waals surface area contributed by atoms with Gasteiger partial charge in [0.05, 0.1) is 17.7 Å². The summed E-state index contributed by atoms with van der Waals surface area (Å²) in [6.07, 6.45) is -10.1. The smallest absolute Gasteiger partial charge is 0.307 e. The topological polar surface area (TPSA) is 73.5 Å². The van der Waals surface area contributed by atoms with Gasteiger partial charge in [0.1, 0.15) is 0 Å². The molecule has 1 rings (SSSR count). The highest BCUT2D eigenvalue weighted by molar-refractivity contribution is 5.91. The molecule has 12 heteroatoms. The van der Waals surface area contributed by atoms with Crippen LogP contribution < -0.4 is 16.2 Å². The number of rotatable bonds is 3. The molecule has 0 bridgehead atoms. The summed E-state index contributed by atoms with van der Waals surface area (Å²) in [6.45, 7) is -0.0952. The standard InChI is InChI=1S/C13H14F6N4O2/c1-23(2)6-10(24)21-22-11(25)20-9-4-7(12(14,15)16)3-8(5-9)13(17,18)19/h3-5H,6H2,1-2H3,(H,21,24)(H2,20,22,25). The summed E-state index contributed by atoms with van der Waals surface area (Å²) >= 11 is 0. The zero-order valence-corrected chi connectivity index (χ0v) is 13.0. The lowest BCUT2D eigenvalue weighted by Crippen LogP contribution is -2.46. The Morgan fingerprint density at radius 1 is 0.920 bits per heavy atom. The monoisotopic (exact) mass is 372 g/mol. The number of carbonyl (C=O) groups excluding carboxylic acids is 2. The number of carbonyl (C=O) groups is 2. The van der Waals surface area contributed by atoms with Gasteiger partial charge < -0.3 is 10.2 Å². The van der Waals surface area contributed by atoms with E-state index < -0.39 is 41.1 Å². The molecule has 1 aromatic carbocycles. The van der Waals surface area contributed by atoms with Gasteiger partial charge in [-0.2, -0.15) is 26.3 Å². The van der Waals surface area contributed by atoms with Crippen molar-refractivity contribution in [1.82, 2.24) is 15.8 Å². The Balaban J connectivity index is 2.90. The third kappa shape index (κ3) is 6.87.